The predicted molar refractivity (Wildman–Crippen MR) is 125 cm³/mol. The third-order valence-corrected chi connectivity index (χ3v) is 6.36. The lowest BCUT2D eigenvalue weighted by Gasteiger charge is -2.29. The van der Waals surface area contributed by atoms with Crippen LogP contribution in [0.1, 0.15) is 50.4 Å². The van der Waals surface area contributed by atoms with E-state index < -0.39 is 0 Å². The molecule has 1 aromatic heterocycles. The van der Waals surface area contributed by atoms with Crippen molar-refractivity contribution >= 4 is 28.5 Å². The van der Waals surface area contributed by atoms with Gasteiger partial charge in [-0.2, -0.15) is 0 Å². The van der Waals surface area contributed by atoms with Gasteiger partial charge in [0.1, 0.15) is 11.6 Å². The molecule has 3 aromatic rings. The molecule has 164 valence electrons. The Kier molecular flexibility index (Phi) is 6.81. The second-order valence-electron chi connectivity index (χ2n) is 8.30. The first-order valence-corrected chi connectivity index (χ1v) is 11.5. The van der Waals surface area contributed by atoms with Crippen molar-refractivity contribution in [3.05, 3.63) is 58.9 Å². The average Bonchev–Trinajstić information content (AvgIpc) is 3.41. The number of aryl methyl sites for hydroxylation is 1. The molecule has 1 amide bonds. The molecule has 0 atom stereocenters. The Bertz CT molecular complexity index is 1060. The van der Waals surface area contributed by atoms with Gasteiger partial charge in [-0.25, -0.2) is 4.98 Å². The van der Waals surface area contributed by atoms with Gasteiger partial charge in [0.05, 0.1) is 31.1 Å². The fourth-order valence-corrected chi connectivity index (χ4v) is 4.75. The van der Waals surface area contributed by atoms with Crippen LogP contribution in [0.3, 0.4) is 0 Å². The fourth-order valence-electron chi connectivity index (χ4n) is 4.59. The molecule has 0 N–H and O–H groups in total. The van der Waals surface area contributed by atoms with Gasteiger partial charge in [-0.3, -0.25) is 4.79 Å². The molecule has 0 spiro atoms. The maximum Gasteiger partial charge on any atom is 0.227 e. The molecular formula is C25H30ClN3O2. The van der Waals surface area contributed by atoms with Crippen LogP contribution in [0.2, 0.25) is 5.02 Å². The van der Waals surface area contributed by atoms with Gasteiger partial charge in [-0.05, 0) is 55.2 Å². The number of methoxy groups -OCH3 is 1. The van der Waals surface area contributed by atoms with Crippen molar-refractivity contribution in [3.8, 4) is 5.75 Å². The number of hydrogen-bond donors (Lipinski definition) is 0. The number of hydrogen-bond acceptors (Lipinski definition) is 3. The molecular weight excluding hydrogens is 410 g/mol. The van der Waals surface area contributed by atoms with E-state index in [0.717, 1.165) is 54.0 Å². The normalized spacial score (nSPS) is 14.3. The molecule has 1 aliphatic carbocycles. The number of benzene rings is 2. The minimum Gasteiger partial charge on any atom is -0.497 e. The van der Waals surface area contributed by atoms with Crippen molar-refractivity contribution in [1.82, 2.24) is 14.5 Å². The Morgan fingerprint density at radius 3 is 2.77 bits per heavy atom. The molecule has 0 radical (unpaired) electrons. The van der Waals surface area contributed by atoms with Crippen LogP contribution in [0.25, 0.3) is 11.0 Å². The SMILES string of the molecule is CCCn1c(CN(C(=O)Cc2cccc(OC)c2)C2CCCC2)nc2ccc(Cl)cc21. The minimum atomic E-state index is 0.147. The van der Waals surface area contributed by atoms with Crippen LogP contribution < -0.4 is 4.74 Å². The first-order chi connectivity index (χ1) is 15.1. The Morgan fingerprint density at radius 2 is 2.03 bits per heavy atom. The molecule has 1 heterocycles. The molecule has 6 heteroatoms. The zero-order valence-electron chi connectivity index (χ0n) is 18.3. The summed E-state index contributed by atoms with van der Waals surface area (Å²) in [5.41, 5.74) is 2.94. The van der Waals surface area contributed by atoms with Crippen LogP contribution in [-0.2, 0) is 24.3 Å². The lowest BCUT2D eigenvalue weighted by molar-refractivity contribution is -0.133. The molecule has 31 heavy (non-hydrogen) atoms. The molecule has 1 aliphatic rings. The summed E-state index contributed by atoms with van der Waals surface area (Å²) in [7, 11) is 1.65. The van der Waals surface area contributed by atoms with E-state index in [2.05, 4.69) is 16.4 Å². The van der Waals surface area contributed by atoms with E-state index in [1.807, 2.05) is 42.5 Å². The Balaban J connectivity index is 1.64. The van der Waals surface area contributed by atoms with E-state index in [1.165, 1.54) is 12.8 Å². The highest BCUT2D eigenvalue weighted by Crippen LogP contribution is 2.28. The summed E-state index contributed by atoms with van der Waals surface area (Å²) in [5, 5.41) is 0.707. The van der Waals surface area contributed by atoms with E-state index >= 15 is 0 Å². The van der Waals surface area contributed by atoms with Gasteiger partial charge in [0.15, 0.2) is 0 Å². The summed E-state index contributed by atoms with van der Waals surface area (Å²) in [6.45, 7) is 3.54. The molecule has 0 bridgehead atoms. The number of ether oxygens (including phenoxy) is 1. The number of imidazole rings is 1. The zero-order valence-corrected chi connectivity index (χ0v) is 19.1. The highest BCUT2D eigenvalue weighted by Gasteiger charge is 2.28. The Hall–Kier alpha value is -2.53. The first-order valence-electron chi connectivity index (χ1n) is 11.2. The van der Waals surface area contributed by atoms with E-state index in [4.69, 9.17) is 21.3 Å². The van der Waals surface area contributed by atoms with Gasteiger partial charge in [0.2, 0.25) is 5.91 Å². The lowest BCUT2D eigenvalue weighted by Crippen LogP contribution is -2.40. The van der Waals surface area contributed by atoms with Gasteiger partial charge < -0.3 is 14.2 Å². The summed E-state index contributed by atoms with van der Waals surface area (Å²) in [5.74, 6) is 1.86. The number of fused-ring (bicyclic) bond motifs is 1. The summed E-state index contributed by atoms with van der Waals surface area (Å²) in [4.78, 5) is 20.4. The maximum absolute atomic E-state index is 13.5. The third kappa shape index (κ3) is 4.87. The van der Waals surface area contributed by atoms with E-state index in [-0.39, 0.29) is 11.9 Å². The Morgan fingerprint density at radius 1 is 1.23 bits per heavy atom. The smallest absolute Gasteiger partial charge is 0.227 e. The van der Waals surface area contributed by atoms with Gasteiger partial charge in [0, 0.05) is 17.6 Å². The quantitative estimate of drug-likeness (QED) is 0.457. The summed E-state index contributed by atoms with van der Waals surface area (Å²) < 4.78 is 7.55. The van der Waals surface area contributed by atoms with Crippen molar-refractivity contribution in [2.45, 2.75) is 64.6 Å². The van der Waals surface area contributed by atoms with Crippen molar-refractivity contribution < 1.29 is 9.53 Å². The van der Waals surface area contributed by atoms with Gasteiger partial charge in [-0.1, -0.05) is 43.5 Å². The zero-order chi connectivity index (χ0) is 21.8. The van der Waals surface area contributed by atoms with Crippen LogP contribution in [0.5, 0.6) is 5.75 Å². The van der Waals surface area contributed by atoms with Crippen LogP contribution in [0, 0.1) is 0 Å². The number of nitrogens with zero attached hydrogens (tertiary/aromatic N) is 3. The second kappa shape index (κ2) is 9.73. The third-order valence-electron chi connectivity index (χ3n) is 6.12. The number of carbonyl (C=O) groups excluding carboxylic acids is 1. The second-order valence-corrected chi connectivity index (χ2v) is 8.74. The molecule has 5 nitrogen and oxygen atoms in total. The van der Waals surface area contributed by atoms with Crippen LogP contribution in [-0.4, -0.2) is 33.5 Å². The van der Waals surface area contributed by atoms with Gasteiger partial charge >= 0.3 is 0 Å². The van der Waals surface area contributed by atoms with Gasteiger partial charge in [-0.15, -0.1) is 0 Å². The van der Waals surface area contributed by atoms with E-state index in [9.17, 15) is 4.79 Å². The van der Waals surface area contributed by atoms with Gasteiger partial charge in [0.25, 0.3) is 0 Å². The van der Waals surface area contributed by atoms with E-state index in [1.54, 1.807) is 7.11 Å². The number of halogens is 1. The first kappa shape index (κ1) is 21.7. The molecule has 0 unspecified atom stereocenters. The van der Waals surface area contributed by atoms with Crippen LogP contribution in [0.4, 0.5) is 0 Å². The molecule has 4 rings (SSSR count). The standard InChI is InChI=1S/C25H30ClN3O2/c1-3-13-28-23-16-19(26)11-12-22(23)27-24(28)17-29(20-8-4-5-9-20)25(30)15-18-7-6-10-21(14-18)31-2/h6-7,10-12,14,16,20H,3-5,8-9,13,15,17H2,1-2H3. The largest absolute Gasteiger partial charge is 0.497 e. The van der Waals surface area contributed by atoms with Crippen molar-refractivity contribution in [2.75, 3.05) is 7.11 Å². The van der Waals surface area contributed by atoms with Crippen molar-refractivity contribution in [1.29, 1.82) is 0 Å². The fraction of sp³-hybridized carbons (Fsp3) is 0.440. The highest BCUT2D eigenvalue weighted by atomic mass is 35.5. The monoisotopic (exact) mass is 439 g/mol. The van der Waals surface area contributed by atoms with Crippen LogP contribution >= 0.6 is 11.6 Å². The number of amides is 1. The number of rotatable bonds is 8. The number of aromatic nitrogens is 2. The van der Waals surface area contributed by atoms with E-state index in [0.29, 0.717) is 18.0 Å². The topological polar surface area (TPSA) is 47.4 Å². The molecule has 0 aliphatic heterocycles. The predicted octanol–water partition coefficient (Wildman–Crippen LogP) is 5.62. The van der Waals surface area contributed by atoms with Crippen molar-refractivity contribution in [3.63, 3.8) is 0 Å². The average molecular weight is 440 g/mol. The number of carbonyl (C=O) groups is 1. The lowest BCUT2D eigenvalue weighted by atomic mass is 10.1. The summed E-state index contributed by atoms with van der Waals surface area (Å²) in [6.07, 6.45) is 5.83. The summed E-state index contributed by atoms with van der Waals surface area (Å²) >= 11 is 6.26. The molecule has 2 aromatic carbocycles. The maximum atomic E-state index is 13.5. The van der Waals surface area contributed by atoms with Crippen LogP contribution in [0.15, 0.2) is 42.5 Å². The molecule has 1 fully saturated rings. The van der Waals surface area contributed by atoms with Crippen molar-refractivity contribution in [2.24, 2.45) is 0 Å². The highest BCUT2D eigenvalue weighted by molar-refractivity contribution is 6.31. The minimum absolute atomic E-state index is 0.147. The molecule has 1 saturated carbocycles. The Labute approximate surface area is 189 Å². The summed E-state index contributed by atoms with van der Waals surface area (Å²) in [6, 6.07) is 13.9. The molecule has 0 saturated heterocycles.